The summed E-state index contributed by atoms with van der Waals surface area (Å²) in [4.78, 5) is 19.9. The Morgan fingerprint density at radius 1 is 0.929 bits per heavy atom. The Balaban J connectivity index is 1.62. The first-order valence-electron chi connectivity index (χ1n) is 10.3. The number of carbonyl (C=O) groups is 1. The molecule has 1 saturated heterocycles. The molecule has 3 rings (SSSR count). The fourth-order valence-electron chi connectivity index (χ4n) is 4.15. The molecule has 0 saturated carbocycles. The van der Waals surface area contributed by atoms with Crippen LogP contribution >= 0.6 is 0 Å². The van der Waals surface area contributed by atoms with Gasteiger partial charge in [0, 0.05) is 37.3 Å². The van der Waals surface area contributed by atoms with Gasteiger partial charge in [0.15, 0.2) is 0 Å². The van der Waals surface area contributed by atoms with Crippen LogP contribution in [0.2, 0.25) is 0 Å². The van der Waals surface area contributed by atoms with Crippen molar-refractivity contribution in [2.45, 2.75) is 32.4 Å². The predicted octanol–water partition coefficient (Wildman–Crippen LogP) is 3.84. The second-order valence-electron chi connectivity index (χ2n) is 8.25. The number of hydrogen-bond donors (Lipinski definition) is 0. The lowest BCUT2D eigenvalue weighted by atomic mass is 10.0. The standard InChI is InChI=1S/C24H33N3O/c1-19-17-26(18-20(2)27(19)16-8-15-25(3)4)24(28)23-13-11-22(12-14-23)21-9-6-5-7-10-21/h5-7,9-14,19-20H,8,15-18H2,1-4H3. The molecule has 0 radical (unpaired) electrons. The second kappa shape index (κ2) is 9.35. The van der Waals surface area contributed by atoms with E-state index in [0.29, 0.717) is 12.1 Å². The van der Waals surface area contributed by atoms with Crippen molar-refractivity contribution in [3.05, 3.63) is 60.2 Å². The molecule has 28 heavy (non-hydrogen) atoms. The molecule has 0 spiro atoms. The summed E-state index contributed by atoms with van der Waals surface area (Å²) in [6.07, 6.45) is 1.16. The monoisotopic (exact) mass is 379 g/mol. The maximum absolute atomic E-state index is 13.0. The Bertz CT molecular complexity index is 745. The molecule has 1 aliphatic heterocycles. The van der Waals surface area contributed by atoms with Gasteiger partial charge >= 0.3 is 0 Å². The minimum atomic E-state index is 0.145. The molecule has 4 nitrogen and oxygen atoms in total. The van der Waals surface area contributed by atoms with Gasteiger partial charge < -0.3 is 9.80 Å². The van der Waals surface area contributed by atoms with Crippen molar-refractivity contribution in [1.82, 2.24) is 14.7 Å². The third-order valence-electron chi connectivity index (χ3n) is 5.65. The lowest BCUT2D eigenvalue weighted by Gasteiger charge is -2.44. The van der Waals surface area contributed by atoms with Crippen molar-refractivity contribution >= 4 is 5.91 Å². The molecule has 2 unspecified atom stereocenters. The van der Waals surface area contributed by atoms with Crippen molar-refractivity contribution in [3.8, 4) is 11.1 Å². The van der Waals surface area contributed by atoms with Gasteiger partial charge in [0.25, 0.3) is 5.91 Å². The molecule has 1 aliphatic rings. The van der Waals surface area contributed by atoms with Crippen molar-refractivity contribution in [1.29, 1.82) is 0 Å². The average molecular weight is 380 g/mol. The zero-order valence-electron chi connectivity index (χ0n) is 17.6. The maximum Gasteiger partial charge on any atom is 0.253 e. The van der Waals surface area contributed by atoms with E-state index in [9.17, 15) is 4.79 Å². The fourth-order valence-corrected chi connectivity index (χ4v) is 4.15. The zero-order chi connectivity index (χ0) is 20.1. The lowest BCUT2D eigenvalue weighted by molar-refractivity contribution is 0.0295. The Labute approximate surface area is 169 Å². The smallest absolute Gasteiger partial charge is 0.253 e. The van der Waals surface area contributed by atoms with Gasteiger partial charge in [-0.3, -0.25) is 9.69 Å². The van der Waals surface area contributed by atoms with Crippen molar-refractivity contribution in [2.24, 2.45) is 0 Å². The van der Waals surface area contributed by atoms with Gasteiger partial charge in [-0.25, -0.2) is 0 Å². The van der Waals surface area contributed by atoms with Crippen LogP contribution in [0.4, 0.5) is 0 Å². The van der Waals surface area contributed by atoms with Crippen LogP contribution in [0.1, 0.15) is 30.6 Å². The molecule has 1 heterocycles. The highest BCUT2D eigenvalue weighted by atomic mass is 16.2. The van der Waals surface area contributed by atoms with E-state index >= 15 is 0 Å². The third-order valence-corrected chi connectivity index (χ3v) is 5.65. The van der Waals surface area contributed by atoms with E-state index in [1.807, 2.05) is 47.4 Å². The Morgan fingerprint density at radius 3 is 2.07 bits per heavy atom. The molecular formula is C24H33N3O. The van der Waals surface area contributed by atoms with Gasteiger partial charge in [-0.15, -0.1) is 0 Å². The van der Waals surface area contributed by atoms with Crippen molar-refractivity contribution in [2.75, 3.05) is 40.3 Å². The summed E-state index contributed by atoms with van der Waals surface area (Å²) < 4.78 is 0. The lowest BCUT2D eigenvalue weighted by Crippen LogP contribution is -2.58. The van der Waals surface area contributed by atoms with Crippen LogP contribution in [0, 0.1) is 0 Å². The zero-order valence-corrected chi connectivity index (χ0v) is 17.6. The van der Waals surface area contributed by atoms with E-state index in [2.05, 4.69) is 49.9 Å². The minimum absolute atomic E-state index is 0.145. The van der Waals surface area contributed by atoms with Crippen LogP contribution in [-0.4, -0.2) is 73.0 Å². The molecule has 2 atom stereocenters. The van der Waals surface area contributed by atoms with E-state index in [0.717, 1.165) is 43.7 Å². The third kappa shape index (κ3) is 5.00. The molecule has 0 N–H and O–H groups in total. The van der Waals surface area contributed by atoms with Crippen LogP contribution in [0.25, 0.3) is 11.1 Å². The highest BCUT2D eigenvalue weighted by molar-refractivity contribution is 5.94. The van der Waals surface area contributed by atoms with Crippen molar-refractivity contribution in [3.63, 3.8) is 0 Å². The quantitative estimate of drug-likeness (QED) is 0.763. The molecule has 1 amide bonds. The van der Waals surface area contributed by atoms with E-state index in [-0.39, 0.29) is 5.91 Å². The number of hydrogen-bond acceptors (Lipinski definition) is 3. The highest BCUT2D eigenvalue weighted by Gasteiger charge is 2.31. The van der Waals surface area contributed by atoms with Gasteiger partial charge in [-0.2, -0.15) is 0 Å². The number of benzene rings is 2. The van der Waals surface area contributed by atoms with E-state index in [1.165, 1.54) is 5.56 Å². The van der Waals surface area contributed by atoms with Gasteiger partial charge in [0.05, 0.1) is 0 Å². The first-order valence-corrected chi connectivity index (χ1v) is 10.3. The summed E-state index contributed by atoms with van der Waals surface area (Å²) in [6.45, 7) is 8.27. The molecule has 0 aromatic heterocycles. The summed E-state index contributed by atoms with van der Waals surface area (Å²) in [5.74, 6) is 0.145. The van der Waals surface area contributed by atoms with Crippen LogP contribution in [0.5, 0.6) is 0 Å². The summed E-state index contributed by atoms with van der Waals surface area (Å²) in [5.41, 5.74) is 3.10. The summed E-state index contributed by atoms with van der Waals surface area (Å²) >= 11 is 0. The number of rotatable bonds is 6. The van der Waals surface area contributed by atoms with Gasteiger partial charge in [0.1, 0.15) is 0 Å². The molecular weight excluding hydrogens is 346 g/mol. The fraction of sp³-hybridized carbons (Fsp3) is 0.458. The molecule has 2 aromatic carbocycles. The molecule has 4 heteroatoms. The van der Waals surface area contributed by atoms with Gasteiger partial charge in [-0.05, 0) is 64.2 Å². The minimum Gasteiger partial charge on any atom is -0.336 e. The Kier molecular flexibility index (Phi) is 6.87. The Morgan fingerprint density at radius 2 is 1.50 bits per heavy atom. The van der Waals surface area contributed by atoms with Gasteiger partial charge in [-0.1, -0.05) is 42.5 Å². The molecule has 0 bridgehead atoms. The highest BCUT2D eigenvalue weighted by Crippen LogP contribution is 2.22. The first-order chi connectivity index (χ1) is 13.5. The predicted molar refractivity (Wildman–Crippen MR) is 117 cm³/mol. The number of piperazine rings is 1. The summed E-state index contributed by atoms with van der Waals surface area (Å²) in [7, 11) is 4.24. The van der Waals surface area contributed by atoms with Crippen LogP contribution in [0.15, 0.2) is 54.6 Å². The van der Waals surface area contributed by atoms with Crippen LogP contribution in [0.3, 0.4) is 0 Å². The summed E-state index contributed by atoms with van der Waals surface area (Å²) in [5, 5.41) is 0. The molecule has 150 valence electrons. The van der Waals surface area contributed by atoms with Gasteiger partial charge in [0.2, 0.25) is 0 Å². The topological polar surface area (TPSA) is 26.8 Å². The SMILES string of the molecule is CC1CN(C(=O)c2ccc(-c3ccccc3)cc2)CC(C)N1CCCN(C)C. The maximum atomic E-state index is 13.0. The molecule has 2 aromatic rings. The first kappa shape index (κ1) is 20.6. The molecule has 1 fully saturated rings. The van der Waals surface area contributed by atoms with E-state index in [4.69, 9.17) is 0 Å². The van der Waals surface area contributed by atoms with Crippen LogP contribution < -0.4 is 0 Å². The Hall–Kier alpha value is -2.17. The van der Waals surface area contributed by atoms with Crippen molar-refractivity contribution < 1.29 is 4.79 Å². The summed E-state index contributed by atoms with van der Waals surface area (Å²) in [6, 6.07) is 19.1. The number of nitrogens with zero attached hydrogens (tertiary/aromatic N) is 3. The average Bonchev–Trinajstić information content (AvgIpc) is 2.70. The number of carbonyl (C=O) groups excluding carboxylic acids is 1. The second-order valence-corrected chi connectivity index (χ2v) is 8.25. The normalized spacial score (nSPS) is 20.5. The van der Waals surface area contributed by atoms with E-state index in [1.54, 1.807) is 0 Å². The van der Waals surface area contributed by atoms with E-state index < -0.39 is 0 Å². The number of amides is 1. The molecule has 0 aliphatic carbocycles. The largest absolute Gasteiger partial charge is 0.336 e. The van der Waals surface area contributed by atoms with Crippen LogP contribution in [-0.2, 0) is 0 Å².